The highest BCUT2D eigenvalue weighted by atomic mass is 32.1. The SMILES string of the molecule is Cc1nc(COc2ccc(C(=O)N3CCN(c4cccc(F)c4C#N)CC3)cc2)cs1. The number of carbonyl (C=O) groups is 1. The minimum absolute atomic E-state index is 0.0469. The molecule has 3 aromatic rings. The van der Waals surface area contributed by atoms with E-state index in [1.165, 1.54) is 6.07 Å². The Morgan fingerprint density at radius 3 is 2.58 bits per heavy atom. The first kappa shape index (κ1) is 20.8. The Labute approximate surface area is 184 Å². The van der Waals surface area contributed by atoms with Crippen LogP contribution in [0.15, 0.2) is 47.8 Å². The first-order chi connectivity index (χ1) is 15.0. The Hall–Kier alpha value is -3.44. The summed E-state index contributed by atoms with van der Waals surface area (Å²) in [5.41, 5.74) is 2.10. The predicted octanol–water partition coefficient (Wildman–Crippen LogP) is 4.00. The molecule has 0 atom stereocenters. The first-order valence-electron chi connectivity index (χ1n) is 9.92. The van der Waals surface area contributed by atoms with Gasteiger partial charge in [0.1, 0.15) is 29.8 Å². The first-order valence-corrected chi connectivity index (χ1v) is 10.8. The van der Waals surface area contributed by atoms with E-state index in [9.17, 15) is 14.4 Å². The summed E-state index contributed by atoms with van der Waals surface area (Å²) in [4.78, 5) is 20.9. The van der Waals surface area contributed by atoms with Gasteiger partial charge in [-0.15, -0.1) is 11.3 Å². The summed E-state index contributed by atoms with van der Waals surface area (Å²) in [6, 6.07) is 13.7. The largest absolute Gasteiger partial charge is 0.487 e. The van der Waals surface area contributed by atoms with E-state index in [4.69, 9.17) is 4.74 Å². The number of hydrogen-bond donors (Lipinski definition) is 0. The zero-order valence-electron chi connectivity index (χ0n) is 17.0. The van der Waals surface area contributed by atoms with Gasteiger partial charge in [0.15, 0.2) is 0 Å². The lowest BCUT2D eigenvalue weighted by atomic mass is 10.1. The van der Waals surface area contributed by atoms with Gasteiger partial charge in [-0.1, -0.05) is 6.07 Å². The van der Waals surface area contributed by atoms with E-state index in [0.717, 1.165) is 10.7 Å². The average molecular weight is 437 g/mol. The van der Waals surface area contributed by atoms with Crippen LogP contribution in [0.2, 0.25) is 0 Å². The van der Waals surface area contributed by atoms with Crippen molar-refractivity contribution in [3.63, 3.8) is 0 Å². The third-order valence-electron chi connectivity index (χ3n) is 5.17. The van der Waals surface area contributed by atoms with Crippen LogP contribution < -0.4 is 9.64 Å². The molecule has 1 aliphatic heterocycles. The van der Waals surface area contributed by atoms with Crippen molar-refractivity contribution in [1.82, 2.24) is 9.88 Å². The van der Waals surface area contributed by atoms with E-state index in [1.807, 2.05) is 23.3 Å². The molecule has 0 bridgehead atoms. The molecule has 2 aromatic carbocycles. The number of aryl methyl sites for hydroxylation is 1. The second-order valence-electron chi connectivity index (χ2n) is 7.20. The normalized spacial score (nSPS) is 13.7. The number of benzene rings is 2. The molecule has 158 valence electrons. The number of thiazole rings is 1. The second kappa shape index (κ2) is 9.14. The Morgan fingerprint density at radius 1 is 1.19 bits per heavy atom. The van der Waals surface area contributed by atoms with Crippen molar-refractivity contribution in [2.24, 2.45) is 0 Å². The van der Waals surface area contributed by atoms with Crippen LogP contribution in [-0.4, -0.2) is 42.0 Å². The molecule has 4 rings (SSSR count). The summed E-state index contributed by atoms with van der Waals surface area (Å²) in [5, 5.41) is 12.2. The van der Waals surface area contributed by atoms with Gasteiger partial charge >= 0.3 is 0 Å². The van der Waals surface area contributed by atoms with Gasteiger partial charge in [0.05, 0.1) is 16.4 Å². The molecule has 1 aliphatic rings. The maximum atomic E-state index is 13.9. The number of anilines is 1. The van der Waals surface area contributed by atoms with Gasteiger partial charge in [-0.25, -0.2) is 9.37 Å². The number of halogens is 1. The molecule has 6 nitrogen and oxygen atoms in total. The monoisotopic (exact) mass is 436 g/mol. The topological polar surface area (TPSA) is 69.5 Å². The number of rotatable bonds is 5. The van der Waals surface area contributed by atoms with E-state index in [0.29, 0.717) is 49.8 Å². The highest BCUT2D eigenvalue weighted by Gasteiger charge is 2.24. The van der Waals surface area contributed by atoms with Crippen LogP contribution in [0, 0.1) is 24.1 Å². The third-order valence-corrected chi connectivity index (χ3v) is 5.99. The van der Waals surface area contributed by atoms with Crippen molar-refractivity contribution in [2.45, 2.75) is 13.5 Å². The van der Waals surface area contributed by atoms with Crippen LogP contribution in [0.1, 0.15) is 26.6 Å². The lowest BCUT2D eigenvalue weighted by molar-refractivity contribution is 0.0746. The highest BCUT2D eigenvalue weighted by Crippen LogP contribution is 2.24. The van der Waals surface area contributed by atoms with Crippen molar-refractivity contribution in [1.29, 1.82) is 5.26 Å². The lowest BCUT2D eigenvalue weighted by Crippen LogP contribution is -2.49. The highest BCUT2D eigenvalue weighted by molar-refractivity contribution is 7.09. The van der Waals surface area contributed by atoms with Crippen LogP contribution in [0.4, 0.5) is 10.1 Å². The molecule has 8 heteroatoms. The summed E-state index contributed by atoms with van der Waals surface area (Å²) in [6.45, 7) is 4.43. The number of amides is 1. The molecule has 2 heterocycles. The maximum absolute atomic E-state index is 13.9. The summed E-state index contributed by atoms with van der Waals surface area (Å²) >= 11 is 1.58. The van der Waals surface area contributed by atoms with Gasteiger partial charge in [0, 0.05) is 37.1 Å². The minimum atomic E-state index is -0.522. The van der Waals surface area contributed by atoms with Crippen LogP contribution in [0.25, 0.3) is 0 Å². The standard InChI is InChI=1S/C23H21FN4O2S/c1-16-26-18(15-31-16)14-30-19-7-5-17(6-8-19)23(29)28-11-9-27(10-12-28)22-4-2-3-21(24)20(22)13-25/h2-8,15H,9-12,14H2,1H3. The Bertz CT molecular complexity index is 1120. The molecule has 0 radical (unpaired) electrons. The molecule has 1 fully saturated rings. The molecule has 0 unspecified atom stereocenters. The number of nitriles is 1. The number of carbonyl (C=O) groups excluding carboxylic acids is 1. The zero-order valence-corrected chi connectivity index (χ0v) is 17.9. The van der Waals surface area contributed by atoms with Gasteiger partial charge in [0.2, 0.25) is 0 Å². The fourth-order valence-electron chi connectivity index (χ4n) is 3.55. The van der Waals surface area contributed by atoms with Gasteiger partial charge in [-0.2, -0.15) is 5.26 Å². The smallest absolute Gasteiger partial charge is 0.253 e. The summed E-state index contributed by atoms with van der Waals surface area (Å²) in [6.07, 6.45) is 0. The van der Waals surface area contributed by atoms with E-state index < -0.39 is 5.82 Å². The summed E-state index contributed by atoms with van der Waals surface area (Å²) < 4.78 is 19.6. The molecule has 31 heavy (non-hydrogen) atoms. The molecule has 1 saturated heterocycles. The number of nitrogens with zero attached hydrogens (tertiary/aromatic N) is 4. The fraction of sp³-hybridized carbons (Fsp3) is 0.261. The maximum Gasteiger partial charge on any atom is 0.253 e. The number of aromatic nitrogens is 1. The molecule has 0 saturated carbocycles. The molecule has 0 N–H and O–H groups in total. The van der Waals surface area contributed by atoms with E-state index in [1.54, 1.807) is 52.6 Å². The van der Waals surface area contributed by atoms with Crippen molar-refractivity contribution < 1.29 is 13.9 Å². The summed E-state index contributed by atoms with van der Waals surface area (Å²) in [5.74, 6) is 0.106. The zero-order chi connectivity index (χ0) is 21.8. The van der Waals surface area contributed by atoms with Crippen LogP contribution >= 0.6 is 11.3 Å². The van der Waals surface area contributed by atoms with Crippen LogP contribution in [0.5, 0.6) is 5.75 Å². The molecule has 1 amide bonds. The Balaban J connectivity index is 1.34. The van der Waals surface area contributed by atoms with Crippen molar-refractivity contribution in [3.05, 3.63) is 75.5 Å². The predicted molar refractivity (Wildman–Crippen MR) is 117 cm³/mol. The number of piperazine rings is 1. The Kier molecular flexibility index (Phi) is 6.14. The van der Waals surface area contributed by atoms with Gasteiger partial charge < -0.3 is 14.5 Å². The summed E-state index contributed by atoms with van der Waals surface area (Å²) in [7, 11) is 0. The van der Waals surface area contributed by atoms with Crippen LogP contribution in [0.3, 0.4) is 0 Å². The van der Waals surface area contributed by atoms with Gasteiger partial charge in [-0.05, 0) is 43.3 Å². The molecule has 1 aromatic heterocycles. The molecular weight excluding hydrogens is 415 g/mol. The third kappa shape index (κ3) is 4.67. The Morgan fingerprint density at radius 2 is 1.94 bits per heavy atom. The molecule has 0 spiro atoms. The van der Waals surface area contributed by atoms with E-state index in [-0.39, 0.29) is 11.5 Å². The second-order valence-corrected chi connectivity index (χ2v) is 8.26. The van der Waals surface area contributed by atoms with Crippen molar-refractivity contribution in [2.75, 3.05) is 31.1 Å². The minimum Gasteiger partial charge on any atom is -0.487 e. The fourth-order valence-corrected chi connectivity index (χ4v) is 4.14. The molecular formula is C23H21FN4O2S. The van der Waals surface area contributed by atoms with Gasteiger partial charge in [0.25, 0.3) is 5.91 Å². The van der Waals surface area contributed by atoms with Crippen molar-refractivity contribution >= 4 is 22.9 Å². The van der Waals surface area contributed by atoms with Gasteiger partial charge in [-0.3, -0.25) is 4.79 Å². The number of ether oxygens (including phenoxy) is 1. The molecule has 0 aliphatic carbocycles. The van der Waals surface area contributed by atoms with Crippen LogP contribution in [-0.2, 0) is 6.61 Å². The number of hydrogen-bond acceptors (Lipinski definition) is 6. The quantitative estimate of drug-likeness (QED) is 0.605. The van der Waals surface area contributed by atoms with Crippen molar-refractivity contribution in [3.8, 4) is 11.8 Å². The average Bonchev–Trinajstić information content (AvgIpc) is 3.22. The van der Waals surface area contributed by atoms with E-state index in [2.05, 4.69) is 4.98 Å². The lowest BCUT2D eigenvalue weighted by Gasteiger charge is -2.36. The van der Waals surface area contributed by atoms with E-state index >= 15 is 0 Å².